The van der Waals surface area contributed by atoms with Gasteiger partial charge in [0.05, 0.1) is 6.04 Å². The molecule has 0 aromatic heterocycles. The quantitative estimate of drug-likeness (QED) is 0.643. The van der Waals surface area contributed by atoms with Gasteiger partial charge in [0.2, 0.25) is 0 Å². The fraction of sp³-hybridized carbons (Fsp3) is 0.684. The third-order valence-electron chi connectivity index (χ3n) is 4.97. The van der Waals surface area contributed by atoms with Gasteiger partial charge in [-0.05, 0) is 65.0 Å². The molecule has 1 fully saturated rings. The number of likely N-dealkylation sites (tertiary alicyclic amines) is 1. The Balaban J connectivity index is 2.09. The number of hydrogen-bond acceptors (Lipinski definition) is 1. The van der Waals surface area contributed by atoms with E-state index in [1.54, 1.807) is 5.57 Å². The van der Waals surface area contributed by atoms with E-state index in [1.807, 2.05) is 0 Å². The summed E-state index contributed by atoms with van der Waals surface area (Å²) >= 11 is 0. The second kappa shape index (κ2) is 7.26. The molecule has 1 heterocycles. The molecule has 1 heteroatoms. The zero-order valence-electron chi connectivity index (χ0n) is 13.5. The molecule has 0 amide bonds. The highest BCUT2D eigenvalue weighted by molar-refractivity contribution is 5.26. The molecule has 0 saturated carbocycles. The van der Waals surface area contributed by atoms with Crippen molar-refractivity contribution in [2.45, 2.75) is 64.8 Å². The molecule has 1 aliphatic carbocycles. The van der Waals surface area contributed by atoms with Crippen LogP contribution in [0, 0.1) is 5.92 Å². The third kappa shape index (κ3) is 3.85. The van der Waals surface area contributed by atoms with Crippen LogP contribution in [0.4, 0.5) is 0 Å². The maximum absolute atomic E-state index is 4.29. The molecule has 0 aromatic rings. The summed E-state index contributed by atoms with van der Waals surface area (Å²) in [5, 5.41) is 0. The summed E-state index contributed by atoms with van der Waals surface area (Å²) < 4.78 is 0. The molecule has 1 aliphatic heterocycles. The lowest BCUT2D eigenvalue weighted by molar-refractivity contribution is 0.246. The van der Waals surface area contributed by atoms with Gasteiger partial charge in [0, 0.05) is 0 Å². The van der Waals surface area contributed by atoms with Gasteiger partial charge in [-0.2, -0.15) is 0 Å². The molecule has 0 N–H and O–H groups in total. The van der Waals surface area contributed by atoms with Crippen LogP contribution in [-0.2, 0) is 0 Å². The minimum atomic E-state index is 0.499. The largest absolute Gasteiger partial charge is 0.293 e. The predicted octanol–water partition coefficient (Wildman–Crippen LogP) is 5.11. The molecule has 1 nitrogen and oxygen atoms in total. The van der Waals surface area contributed by atoms with Crippen LogP contribution in [0.3, 0.4) is 0 Å². The molecule has 20 heavy (non-hydrogen) atoms. The molecule has 0 radical (unpaired) electrons. The van der Waals surface area contributed by atoms with Gasteiger partial charge in [0.15, 0.2) is 0 Å². The highest BCUT2D eigenvalue weighted by Crippen LogP contribution is 2.33. The van der Waals surface area contributed by atoms with Crippen LogP contribution in [0.25, 0.3) is 0 Å². The van der Waals surface area contributed by atoms with E-state index >= 15 is 0 Å². The molecular weight excluding hydrogens is 242 g/mol. The number of nitrogens with zero attached hydrogens (tertiary/aromatic N) is 1. The van der Waals surface area contributed by atoms with E-state index in [-0.39, 0.29) is 0 Å². The van der Waals surface area contributed by atoms with Gasteiger partial charge in [-0.15, -0.1) is 0 Å². The van der Waals surface area contributed by atoms with Crippen molar-refractivity contribution in [1.29, 1.82) is 0 Å². The first kappa shape index (κ1) is 15.6. The lowest BCUT2D eigenvalue weighted by Gasteiger charge is -2.35. The molecule has 0 spiro atoms. The Hall–Kier alpha value is -0.820. The second-order valence-electron chi connectivity index (χ2n) is 6.80. The third-order valence-corrected chi connectivity index (χ3v) is 4.97. The van der Waals surface area contributed by atoms with Crippen LogP contribution in [0.15, 0.2) is 36.0 Å². The lowest BCUT2D eigenvalue weighted by atomic mass is 9.81. The molecule has 2 aliphatic rings. The standard InChI is InChI=1S/C19H31N/c1-15(2)17-9-11-18(12-10-17)19(16(3)4)20-13-7-5-6-8-14-20/h11,17,19H,1,3,5-10,12-14H2,2,4H3. The Morgan fingerprint density at radius 1 is 1.15 bits per heavy atom. The Labute approximate surface area is 125 Å². The van der Waals surface area contributed by atoms with Crippen molar-refractivity contribution in [2.75, 3.05) is 13.1 Å². The van der Waals surface area contributed by atoms with Gasteiger partial charge in [-0.1, -0.05) is 48.8 Å². The zero-order chi connectivity index (χ0) is 14.5. The average molecular weight is 273 g/mol. The summed E-state index contributed by atoms with van der Waals surface area (Å²) in [6.07, 6.45) is 11.7. The fourth-order valence-corrected chi connectivity index (χ4v) is 3.77. The molecule has 1 saturated heterocycles. The first-order chi connectivity index (χ1) is 9.59. The molecule has 0 bridgehead atoms. The SMILES string of the molecule is C=C(C)C1CC=C(C(C(=C)C)N2CCCCCC2)CC1. The Kier molecular flexibility index (Phi) is 5.65. The monoisotopic (exact) mass is 273 g/mol. The molecule has 2 rings (SSSR count). The van der Waals surface area contributed by atoms with Crippen LogP contribution in [0.5, 0.6) is 0 Å². The fourth-order valence-electron chi connectivity index (χ4n) is 3.77. The van der Waals surface area contributed by atoms with Crippen molar-refractivity contribution in [3.63, 3.8) is 0 Å². The predicted molar refractivity (Wildman–Crippen MR) is 88.9 cm³/mol. The van der Waals surface area contributed by atoms with Crippen LogP contribution in [0.2, 0.25) is 0 Å². The molecular formula is C19H31N. The van der Waals surface area contributed by atoms with Crippen molar-refractivity contribution in [3.05, 3.63) is 36.0 Å². The van der Waals surface area contributed by atoms with E-state index in [4.69, 9.17) is 0 Å². The number of hydrogen-bond donors (Lipinski definition) is 0. The van der Waals surface area contributed by atoms with E-state index in [2.05, 4.69) is 38.0 Å². The van der Waals surface area contributed by atoms with Crippen molar-refractivity contribution in [1.82, 2.24) is 4.90 Å². The van der Waals surface area contributed by atoms with E-state index in [0.29, 0.717) is 12.0 Å². The van der Waals surface area contributed by atoms with E-state index in [0.717, 1.165) is 0 Å². The summed E-state index contributed by atoms with van der Waals surface area (Å²) in [4.78, 5) is 2.68. The van der Waals surface area contributed by atoms with Gasteiger partial charge in [0.25, 0.3) is 0 Å². The number of allylic oxidation sites excluding steroid dienone is 2. The van der Waals surface area contributed by atoms with E-state index in [9.17, 15) is 0 Å². The maximum Gasteiger partial charge on any atom is 0.0515 e. The average Bonchev–Trinajstić information content (AvgIpc) is 2.68. The highest BCUT2D eigenvalue weighted by atomic mass is 15.2. The normalized spacial score (nSPS) is 26.5. The van der Waals surface area contributed by atoms with Crippen LogP contribution in [0.1, 0.15) is 58.8 Å². The van der Waals surface area contributed by atoms with Crippen LogP contribution in [-0.4, -0.2) is 24.0 Å². The van der Waals surface area contributed by atoms with E-state index in [1.165, 1.54) is 69.2 Å². The molecule has 0 aromatic carbocycles. The Morgan fingerprint density at radius 3 is 2.25 bits per heavy atom. The lowest BCUT2D eigenvalue weighted by Crippen LogP contribution is -2.38. The summed E-state index contributed by atoms with van der Waals surface area (Å²) in [6.45, 7) is 15.3. The van der Waals surface area contributed by atoms with Crippen molar-refractivity contribution in [2.24, 2.45) is 5.92 Å². The Bertz CT molecular complexity index is 383. The molecule has 2 atom stereocenters. The van der Waals surface area contributed by atoms with Crippen molar-refractivity contribution in [3.8, 4) is 0 Å². The number of rotatable bonds is 4. The minimum absolute atomic E-state index is 0.499. The second-order valence-corrected chi connectivity index (χ2v) is 6.80. The van der Waals surface area contributed by atoms with Gasteiger partial charge >= 0.3 is 0 Å². The van der Waals surface area contributed by atoms with Crippen LogP contribution >= 0.6 is 0 Å². The first-order valence-corrected chi connectivity index (χ1v) is 8.33. The highest BCUT2D eigenvalue weighted by Gasteiger charge is 2.26. The smallest absolute Gasteiger partial charge is 0.0515 e. The summed E-state index contributed by atoms with van der Waals surface area (Å²) in [6, 6.07) is 0.499. The summed E-state index contributed by atoms with van der Waals surface area (Å²) in [5.41, 5.74) is 4.30. The summed E-state index contributed by atoms with van der Waals surface area (Å²) in [7, 11) is 0. The summed E-state index contributed by atoms with van der Waals surface area (Å²) in [5.74, 6) is 0.702. The Morgan fingerprint density at radius 2 is 1.80 bits per heavy atom. The topological polar surface area (TPSA) is 3.24 Å². The van der Waals surface area contributed by atoms with Gasteiger partial charge in [-0.3, -0.25) is 4.90 Å². The van der Waals surface area contributed by atoms with E-state index < -0.39 is 0 Å². The maximum atomic E-state index is 4.29. The van der Waals surface area contributed by atoms with Gasteiger partial charge < -0.3 is 0 Å². The molecule has 112 valence electrons. The van der Waals surface area contributed by atoms with Crippen molar-refractivity contribution >= 4 is 0 Å². The van der Waals surface area contributed by atoms with Crippen molar-refractivity contribution < 1.29 is 0 Å². The van der Waals surface area contributed by atoms with Gasteiger partial charge in [-0.25, -0.2) is 0 Å². The van der Waals surface area contributed by atoms with Gasteiger partial charge in [0.1, 0.15) is 0 Å². The van der Waals surface area contributed by atoms with Crippen LogP contribution < -0.4 is 0 Å². The first-order valence-electron chi connectivity index (χ1n) is 8.33. The molecule has 2 unspecified atom stereocenters. The minimum Gasteiger partial charge on any atom is -0.293 e. The zero-order valence-corrected chi connectivity index (χ0v) is 13.5.